The Bertz CT molecular complexity index is 1360. The second-order valence-electron chi connectivity index (χ2n) is 9.49. The number of aryl methyl sites for hydroxylation is 1. The highest BCUT2D eigenvalue weighted by molar-refractivity contribution is 6.03. The van der Waals surface area contributed by atoms with Gasteiger partial charge in [0.15, 0.2) is 17.3 Å². The monoisotopic (exact) mass is 544 g/mol. The van der Waals surface area contributed by atoms with E-state index in [0.717, 1.165) is 16.9 Å². The Morgan fingerprint density at radius 1 is 0.950 bits per heavy atom. The van der Waals surface area contributed by atoms with Crippen molar-refractivity contribution >= 4 is 29.6 Å². The Labute approximate surface area is 232 Å². The second kappa shape index (κ2) is 13.9. The number of amides is 2. The van der Waals surface area contributed by atoms with Crippen molar-refractivity contribution in [3.05, 3.63) is 83.4 Å². The van der Waals surface area contributed by atoms with Crippen molar-refractivity contribution in [1.29, 1.82) is 0 Å². The molecule has 1 heterocycles. The largest absolute Gasteiger partial charge is 0.487 e. The summed E-state index contributed by atoms with van der Waals surface area (Å²) in [6, 6.07) is 19.1. The molecule has 0 spiro atoms. The summed E-state index contributed by atoms with van der Waals surface area (Å²) in [5.74, 6) is 1.17. The molecule has 9 heteroatoms. The van der Waals surface area contributed by atoms with Crippen LogP contribution in [0.2, 0.25) is 0 Å². The third-order valence-electron chi connectivity index (χ3n) is 6.47. The fourth-order valence-corrected chi connectivity index (χ4v) is 4.42. The number of carbonyl (C=O) groups is 4. The van der Waals surface area contributed by atoms with Gasteiger partial charge in [0.25, 0.3) is 0 Å². The SMILES string of the molecule is CC(=O)Nc1cc(C(=O)C(CCC(=O)CCCc2ccc3c(c2)OCO3)NC=O)ccc1OCc1ccccc1. The first-order valence-electron chi connectivity index (χ1n) is 13.2. The van der Waals surface area contributed by atoms with E-state index in [4.69, 9.17) is 14.2 Å². The smallest absolute Gasteiger partial charge is 0.231 e. The molecule has 1 aliphatic heterocycles. The number of rotatable bonds is 15. The summed E-state index contributed by atoms with van der Waals surface area (Å²) in [5.41, 5.74) is 2.63. The van der Waals surface area contributed by atoms with Gasteiger partial charge in [-0.2, -0.15) is 0 Å². The van der Waals surface area contributed by atoms with Crippen LogP contribution in [0, 0.1) is 0 Å². The van der Waals surface area contributed by atoms with E-state index < -0.39 is 6.04 Å². The predicted molar refractivity (Wildman–Crippen MR) is 149 cm³/mol. The minimum absolute atomic E-state index is 0.00911. The summed E-state index contributed by atoms with van der Waals surface area (Å²) in [7, 11) is 0. The molecule has 40 heavy (non-hydrogen) atoms. The van der Waals surface area contributed by atoms with E-state index in [-0.39, 0.29) is 49.3 Å². The Balaban J connectivity index is 1.33. The van der Waals surface area contributed by atoms with Gasteiger partial charge in [0.2, 0.25) is 19.1 Å². The van der Waals surface area contributed by atoms with Gasteiger partial charge in [-0.3, -0.25) is 19.2 Å². The molecule has 3 aromatic rings. The lowest BCUT2D eigenvalue weighted by atomic mass is 9.97. The summed E-state index contributed by atoms with van der Waals surface area (Å²) in [5, 5.41) is 5.24. The summed E-state index contributed by atoms with van der Waals surface area (Å²) in [6.07, 6.45) is 2.50. The molecule has 4 rings (SSSR count). The van der Waals surface area contributed by atoms with Crippen molar-refractivity contribution in [2.45, 2.75) is 51.7 Å². The van der Waals surface area contributed by atoms with E-state index in [1.165, 1.54) is 13.0 Å². The maximum atomic E-state index is 13.3. The highest BCUT2D eigenvalue weighted by Gasteiger charge is 2.22. The van der Waals surface area contributed by atoms with Crippen LogP contribution in [0.25, 0.3) is 0 Å². The van der Waals surface area contributed by atoms with Crippen LogP contribution in [0.3, 0.4) is 0 Å². The standard InChI is InChI=1S/C31H32N2O7/c1-21(35)33-27-17-24(11-15-28(27)38-18-23-6-3-2-4-7-23)31(37)26(32-19-34)13-12-25(36)9-5-8-22-10-14-29-30(16-22)40-20-39-29/h2-4,6-7,10-11,14-17,19,26H,5,8-9,12-13,18,20H2,1H3,(H,32,34)(H,33,35). The zero-order chi connectivity index (χ0) is 28.3. The molecule has 0 radical (unpaired) electrons. The van der Waals surface area contributed by atoms with Crippen molar-refractivity contribution in [3.63, 3.8) is 0 Å². The van der Waals surface area contributed by atoms with Crippen molar-refractivity contribution in [2.75, 3.05) is 12.1 Å². The van der Waals surface area contributed by atoms with Gasteiger partial charge in [0, 0.05) is 25.3 Å². The highest BCUT2D eigenvalue weighted by Crippen LogP contribution is 2.33. The molecule has 0 bridgehead atoms. The maximum Gasteiger partial charge on any atom is 0.231 e. The normalized spacial score (nSPS) is 12.3. The average Bonchev–Trinajstić information content (AvgIpc) is 3.42. The number of ketones is 2. The molecule has 0 aromatic heterocycles. The van der Waals surface area contributed by atoms with Gasteiger partial charge in [-0.05, 0) is 60.7 Å². The predicted octanol–water partition coefficient (Wildman–Crippen LogP) is 4.62. The van der Waals surface area contributed by atoms with Crippen LogP contribution < -0.4 is 24.8 Å². The maximum absolute atomic E-state index is 13.3. The lowest BCUT2D eigenvalue weighted by Crippen LogP contribution is -2.36. The molecule has 3 aromatic carbocycles. The molecule has 0 saturated heterocycles. The zero-order valence-corrected chi connectivity index (χ0v) is 22.3. The number of nitrogens with one attached hydrogen (secondary N) is 2. The third kappa shape index (κ3) is 7.92. The lowest BCUT2D eigenvalue weighted by Gasteiger charge is -2.17. The minimum Gasteiger partial charge on any atom is -0.487 e. The van der Waals surface area contributed by atoms with E-state index in [9.17, 15) is 19.2 Å². The third-order valence-corrected chi connectivity index (χ3v) is 6.47. The van der Waals surface area contributed by atoms with Gasteiger partial charge in [-0.15, -0.1) is 0 Å². The van der Waals surface area contributed by atoms with Crippen LogP contribution in [0.1, 0.15) is 54.1 Å². The summed E-state index contributed by atoms with van der Waals surface area (Å²) >= 11 is 0. The number of hydrogen-bond donors (Lipinski definition) is 2. The molecule has 208 valence electrons. The van der Waals surface area contributed by atoms with Gasteiger partial charge in [-0.1, -0.05) is 36.4 Å². The number of hydrogen-bond acceptors (Lipinski definition) is 7. The quantitative estimate of drug-likeness (QED) is 0.212. The summed E-state index contributed by atoms with van der Waals surface area (Å²) in [6.45, 7) is 1.86. The van der Waals surface area contributed by atoms with Crippen LogP contribution in [-0.2, 0) is 27.4 Å². The Morgan fingerprint density at radius 2 is 1.75 bits per heavy atom. The summed E-state index contributed by atoms with van der Waals surface area (Å²) < 4.78 is 16.6. The number of anilines is 1. The number of fused-ring (bicyclic) bond motifs is 1. The zero-order valence-electron chi connectivity index (χ0n) is 22.3. The van der Waals surface area contributed by atoms with Gasteiger partial charge in [0.1, 0.15) is 18.1 Å². The molecular weight excluding hydrogens is 512 g/mol. The number of ether oxygens (including phenoxy) is 3. The molecule has 1 aliphatic rings. The van der Waals surface area contributed by atoms with Crippen molar-refractivity contribution in [1.82, 2.24) is 5.32 Å². The molecular formula is C31H32N2O7. The highest BCUT2D eigenvalue weighted by atomic mass is 16.7. The fraction of sp³-hybridized carbons (Fsp3) is 0.290. The topological polar surface area (TPSA) is 120 Å². The van der Waals surface area contributed by atoms with Gasteiger partial charge in [0.05, 0.1) is 11.7 Å². The minimum atomic E-state index is -0.878. The number of benzene rings is 3. The summed E-state index contributed by atoms with van der Waals surface area (Å²) in [4.78, 5) is 48.9. The molecule has 0 fully saturated rings. The van der Waals surface area contributed by atoms with Gasteiger partial charge in [-0.25, -0.2) is 0 Å². The van der Waals surface area contributed by atoms with E-state index in [0.29, 0.717) is 42.9 Å². The fourth-order valence-electron chi connectivity index (χ4n) is 4.42. The average molecular weight is 545 g/mol. The number of Topliss-reactive ketones (excluding diaryl/α,β-unsaturated/α-hetero) is 2. The van der Waals surface area contributed by atoms with Gasteiger partial charge < -0.3 is 24.8 Å². The van der Waals surface area contributed by atoms with Crippen LogP contribution in [0.15, 0.2) is 66.7 Å². The number of carbonyl (C=O) groups excluding carboxylic acids is 4. The van der Waals surface area contributed by atoms with E-state index in [1.807, 2.05) is 48.5 Å². The van der Waals surface area contributed by atoms with E-state index in [1.54, 1.807) is 12.1 Å². The molecule has 9 nitrogen and oxygen atoms in total. The molecule has 2 amide bonds. The Hall–Kier alpha value is -4.66. The van der Waals surface area contributed by atoms with Crippen LogP contribution in [0.5, 0.6) is 17.2 Å². The van der Waals surface area contributed by atoms with E-state index in [2.05, 4.69) is 10.6 Å². The molecule has 0 aliphatic carbocycles. The lowest BCUT2D eigenvalue weighted by molar-refractivity contribution is -0.119. The second-order valence-corrected chi connectivity index (χ2v) is 9.49. The van der Waals surface area contributed by atoms with Crippen LogP contribution >= 0.6 is 0 Å². The molecule has 1 atom stereocenters. The molecule has 1 unspecified atom stereocenters. The molecule has 2 N–H and O–H groups in total. The Kier molecular flexibility index (Phi) is 9.88. The van der Waals surface area contributed by atoms with Crippen molar-refractivity contribution < 1.29 is 33.4 Å². The first-order chi connectivity index (χ1) is 19.4. The van der Waals surface area contributed by atoms with Crippen molar-refractivity contribution in [3.8, 4) is 17.2 Å². The van der Waals surface area contributed by atoms with Gasteiger partial charge >= 0.3 is 0 Å². The Morgan fingerprint density at radius 3 is 2.52 bits per heavy atom. The van der Waals surface area contributed by atoms with E-state index >= 15 is 0 Å². The van der Waals surface area contributed by atoms with Crippen molar-refractivity contribution in [2.24, 2.45) is 0 Å². The van der Waals surface area contributed by atoms with Crippen LogP contribution in [0.4, 0.5) is 5.69 Å². The van der Waals surface area contributed by atoms with Crippen LogP contribution in [-0.4, -0.2) is 36.7 Å². The first-order valence-corrected chi connectivity index (χ1v) is 13.2. The first kappa shape index (κ1) is 28.4. The molecule has 0 saturated carbocycles.